The third-order valence-corrected chi connectivity index (χ3v) is 7.61. The molecule has 27 heavy (non-hydrogen) atoms. The predicted octanol–water partition coefficient (Wildman–Crippen LogP) is 1.06. The number of nitrogens with zero attached hydrogens (tertiary/aromatic N) is 5. The molecule has 1 fully saturated rings. The molecule has 0 radical (unpaired) electrons. The maximum absolute atomic E-state index is 13.0. The van der Waals surface area contributed by atoms with Crippen LogP contribution in [0.2, 0.25) is 0 Å². The van der Waals surface area contributed by atoms with Crippen LogP contribution in [0.4, 0.5) is 0 Å². The zero-order chi connectivity index (χ0) is 19.6. The molecule has 8 nitrogen and oxygen atoms in total. The van der Waals surface area contributed by atoms with Crippen LogP contribution in [0.1, 0.15) is 11.1 Å². The summed E-state index contributed by atoms with van der Waals surface area (Å²) in [5, 5.41) is 8.41. The van der Waals surface area contributed by atoms with E-state index in [0.29, 0.717) is 36.2 Å². The van der Waals surface area contributed by atoms with Gasteiger partial charge in [0.1, 0.15) is 6.33 Å². The number of hydrogen-bond donors (Lipinski definition) is 0. The molecule has 1 aromatic heterocycles. The Morgan fingerprint density at radius 3 is 2.52 bits per heavy atom. The molecule has 0 N–H and O–H groups in total. The van der Waals surface area contributed by atoms with E-state index < -0.39 is 10.0 Å². The summed E-state index contributed by atoms with van der Waals surface area (Å²) in [6.07, 6.45) is 1.59. The van der Waals surface area contributed by atoms with Crippen LogP contribution in [0.25, 0.3) is 0 Å². The number of carbonyl (C=O) groups excluding carboxylic acids is 1. The van der Waals surface area contributed by atoms with Crippen LogP contribution in [0.5, 0.6) is 0 Å². The minimum Gasteiger partial charge on any atom is -0.339 e. The highest BCUT2D eigenvalue weighted by atomic mass is 32.2. The van der Waals surface area contributed by atoms with Crippen molar-refractivity contribution >= 4 is 27.7 Å². The maximum atomic E-state index is 13.0. The molecule has 0 atom stereocenters. The number of aryl methyl sites for hydroxylation is 3. The molecular formula is C17H23N5O3S2. The molecule has 1 aliphatic heterocycles. The third kappa shape index (κ3) is 4.33. The molecule has 0 bridgehead atoms. The minimum absolute atomic E-state index is 0.0215. The number of rotatable bonds is 5. The molecule has 0 spiro atoms. The van der Waals surface area contributed by atoms with E-state index in [1.54, 1.807) is 28.8 Å². The highest BCUT2D eigenvalue weighted by Crippen LogP contribution is 2.23. The lowest BCUT2D eigenvalue weighted by Crippen LogP contribution is -2.51. The number of amides is 1. The molecule has 1 aromatic carbocycles. The van der Waals surface area contributed by atoms with Crippen LogP contribution in [-0.4, -0.2) is 70.2 Å². The monoisotopic (exact) mass is 409 g/mol. The molecule has 0 unspecified atom stereocenters. The van der Waals surface area contributed by atoms with E-state index in [4.69, 9.17) is 0 Å². The molecule has 1 aliphatic rings. The van der Waals surface area contributed by atoms with Crippen molar-refractivity contribution in [1.82, 2.24) is 24.0 Å². The smallest absolute Gasteiger partial charge is 0.243 e. The number of thioether (sulfide) groups is 1. The normalized spacial score (nSPS) is 15.9. The van der Waals surface area contributed by atoms with Crippen molar-refractivity contribution in [2.75, 3.05) is 31.9 Å². The summed E-state index contributed by atoms with van der Waals surface area (Å²) in [4.78, 5) is 14.5. The van der Waals surface area contributed by atoms with Crippen molar-refractivity contribution in [3.8, 4) is 0 Å². The summed E-state index contributed by atoms with van der Waals surface area (Å²) in [7, 11) is -1.73. The molecule has 3 rings (SSSR count). The fourth-order valence-electron chi connectivity index (χ4n) is 2.92. The molecule has 10 heteroatoms. The highest BCUT2D eigenvalue weighted by Gasteiger charge is 2.31. The quantitative estimate of drug-likeness (QED) is 0.686. The van der Waals surface area contributed by atoms with E-state index in [-0.39, 0.29) is 11.7 Å². The van der Waals surface area contributed by atoms with Crippen molar-refractivity contribution in [3.63, 3.8) is 0 Å². The van der Waals surface area contributed by atoms with Gasteiger partial charge in [0.25, 0.3) is 0 Å². The lowest BCUT2D eigenvalue weighted by molar-refractivity contribution is -0.129. The number of benzene rings is 1. The first-order valence-electron chi connectivity index (χ1n) is 8.61. The van der Waals surface area contributed by atoms with Gasteiger partial charge in [0.05, 0.1) is 10.6 Å². The zero-order valence-corrected chi connectivity index (χ0v) is 17.3. The van der Waals surface area contributed by atoms with E-state index in [1.807, 2.05) is 26.1 Å². The first-order valence-corrected chi connectivity index (χ1v) is 11.0. The van der Waals surface area contributed by atoms with Gasteiger partial charge < -0.3 is 9.47 Å². The molecule has 1 amide bonds. The van der Waals surface area contributed by atoms with E-state index in [0.717, 1.165) is 11.1 Å². The first kappa shape index (κ1) is 19.8. The summed E-state index contributed by atoms with van der Waals surface area (Å²) < 4.78 is 29.1. The van der Waals surface area contributed by atoms with Crippen molar-refractivity contribution in [2.24, 2.45) is 7.05 Å². The molecule has 1 saturated heterocycles. The van der Waals surface area contributed by atoms with Gasteiger partial charge in [-0.1, -0.05) is 23.9 Å². The fraction of sp³-hybridized carbons (Fsp3) is 0.471. The van der Waals surface area contributed by atoms with Crippen molar-refractivity contribution in [3.05, 3.63) is 35.7 Å². The van der Waals surface area contributed by atoms with Crippen LogP contribution in [0.3, 0.4) is 0 Å². The fourth-order valence-corrected chi connectivity index (χ4v) is 5.45. The van der Waals surface area contributed by atoms with E-state index in [1.165, 1.54) is 16.1 Å². The van der Waals surface area contributed by atoms with Crippen molar-refractivity contribution in [2.45, 2.75) is 23.9 Å². The minimum atomic E-state index is -3.55. The maximum Gasteiger partial charge on any atom is 0.243 e. The zero-order valence-electron chi connectivity index (χ0n) is 15.6. The summed E-state index contributed by atoms with van der Waals surface area (Å²) >= 11 is 1.33. The third-order valence-electron chi connectivity index (χ3n) is 4.55. The largest absolute Gasteiger partial charge is 0.339 e. The number of aromatic nitrogens is 3. The van der Waals surface area contributed by atoms with E-state index >= 15 is 0 Å². The van der Waals surface area contributed by atoms with Crippen LogP contribution < -0.4 is 0 Å². The van der Waals surface area contributed by atoms with Gasteiger partial charge in [0, 0.05) is 33.2 Å². The van der Waals surface area contributed by atoms with Gasteiger partial charge in [-0.3, -0.25) is 4.79 Å². The average molecular weight is 410 g/mol. The van der Waals surface area contributed by atoms with Crippen LogP contribution in [-0.2, 0) is 21.9 Å². The SMILES string of the molecule is Cc1ccc(C)c(S(=O)(=O)N2CCN(C(=O)CSc3nncn3C)CC2)c1. The number of hydrogen-bond acceptors (Lipinski definition) is 6. The Bertz CT molecular complexity index is 934. The van der Waals surface area contributed by atoms with Crippen molar-refractivity contribution < 1.29 is 13.2 Å². The van der Waals surface area contributed by atoms with Crippen LogP contribution >= 0.6 is 11.8 Å². The number of piperazine rings is 1. The molecule has 0 aliphatic carbocycles. The Morgan fingerprint density at radius 2 is 1.89 bits per heavy atom. The standard InChI is InChI=1S/C17H23N5O3S2/c1-13-4-5-14(2)15(10-13)27(24,25)22-8-6-21(7-9-22)16(23)11-26-17-19-18-12-20(17)3/h4-5,10,12H,6-9,11H2,1-3H3. The summed E-state index contributed by atoms with van der Waals surface area (Å²) in [6.45, 7) is 5.07. The van der Waals surface area contributed by atoms with Crippen LogP contribution in [0, 0.1) is 13.8 Å². The highest BCUT2D eigenvalue weighted by molar-refractivity contribution is 7.99. The average Bonchev–Trinajstić information content (AvgIpc) is 3.06. The molecule has 0 saturated carbocycles. The van der Waals surface area contributed by atoms with Gasteiger partial charge in [-0.15, -0.1) is 10.2 Å². The molecule has 2 aromatic rings. The topological polar surface area (TPSA) is 88.4 Å². The van der Waals surface area contributed by atoms with Crippen molar-refractivity contribution in [1.29, 1.82) is 0 Å². The Hall–Kier alpha value is -1.91. The summed E-state index contributed by atoms with van der Waals surface area (Å²) in [5.41, 5.74) is 1.65. The molecule has 146 valence electrons. The Balaban J connectivity index is 1.60. The lowest BCUT2D eigenvalue weighted by Gasteiger charge is -2.34. The summed E-state index contributed by atoms with van der Waals surface area (Å²) in [6, 6.07) is 5.44. The first-order chi connectivity index (χ1) is 12.8. The van der Waals surface area contributed by atoms with Gasteiger partial charge in [-0.25, -0.2) is 8.42 Å². The van der Waals surface area contributed by atoms with Gasteiger partial charge >= 0.3 is 0 Å². The Kier molecular flexibility index (Phi) is 5.87. The van der Waals surface area contributed by atoms with Gasteiger partial charge in [-0.05, 0) is 31.0 Å². The second-order valence-corrected chi connectivity index (χ2v) is 9.42. The number of sulfonamides is 1. The Morgan fingerprint density at radius 1 is 1.19 bits per heavy atom. The van der Waals surface area contributed by atoms with Gasteiger partial charge in [0.15, 0.2) is 5.16 Å². The lowest BCUT2D eigenvalue weighted by atomic mass is 10.2. The molecule has 2 heterocycles. The second-order valence-electron chi connectivity index (χ2n) is 6.57. The van der Waals surface area contributed by atoms with Gasteiger partial charge in [0.2, 0.25) is 15.9 Å². The summed E-state index contributed by atoms with van der Waals surface area (Å²) in [5.74, 6) is 0.239. The van der Waals surface area contributed by atoms with E-state index in [2.05, 4.69) is 10.2 Å². The van der Waals surface area contributed by atoms with E-state index in [9.17, 15) is 13.2 Å². The Labute approximate surface area is 163 Å². The van der Waals surface area contributed by atoms with Gasteiger partial charge in [-0.2, -0.15) is 4.31 Å². The molecular weight excluding hydrogens is 386 g/mol. The second kappa shape index (κ2) is 7.99. The number of carbonyl (C=O) groups is 1. The predicted molar refractivity (Wildman–Crippen MR) is 103 cm³/mol. The van der Waals surface area contributed by atoms with Crippen LogP contribution in [0.15, 0.2) is 34.6 Å².